The number of sulfonamides is 1. The summed E-state index contributed by atoms with van der Waals surface area (Å²) in [5.74, 6) is 0.834. The van der Waals surface area contributed by atoms with E-state index in [-0.39, 0.29) is 11.4 Å². The number of nitrogens with zero attached hydrogens (tertiary/aromatic N) is 1. The van der Waals surface area contributed by atoms with E-state index in [1.807, 2.05) is 0 Å². The molecule has 0 unspecified atom stereocenters. The molecule has 104 valence electrons. The molecule has 0 aliphatic carbocycles. The lowest BCUT2D eigenvalue weighted by molar-refractivity contribution is 0.180. The minimum absolute atomic E-state index is 0.181. The molecule has 0 fully saturated rings. The van der Waals surface area contributed by atoms with Gasteiger partial charge in [-0.3, -0.25) is 0 Å². The Morgan fingerprint density at radius 2 is 2.17 bits per heavy atom. The molecular weight excluding hydrogens is 256 g/mol. The second-order valence-electron chi connectivity index (χ2n) is 3.83. The predicted molar refractivity (Wildman–Crippen MR) is 67.6 cm³/mol. The van der Waals surface area contributed by atoms with Crippen LogP contribution in [0.1, 0.15) is 18.4 Å². The second kappa shape index (κ2) is 6.33. The van der Waals surface area contributed by atoms with Gasteiger partial charge >= 0.3 is 0 Å². The molecule has 0 aliphatic rings. The van der Waals surface area contributed by atoms with Crippen LogP contribution in [0.2, 0.25) is 0 Å². The fourth-order valence-corrected chi connectivity index (χ4v) is 3.28. The van der Waals surface area contributed by atoms with Crippen LogP contribution in [-0.2, 0) is 21.3 Å². The van der Waals surface area contributed by atoms with E-state index in [1.54, 1.807) is 13.8 Å². The summed E-state index contributed by atoms with van der Waals surface area (Å²) in [4.78, 5) is 0.181. The Balaban J connectivity index is 3.06. The first-order valence-corrected chi connectivity index (χ1v) is 7.19. The molecule has 0 spiro atoms. The summed E-state index contributed by atoms with van der Waals surface area (Å²) in [5, 5.41) is 0. The maximum absolute atomic E-state index is 12.4. The van der Waals surface area contributed by atoms with Crippen molar-refractivity contribution in [1.29, 1.82) is 0 Å². The molecule has 0 atom stereocenters. The first kappa shape index (κ1) is 15.2. The number of hydrogen-bond acceptors (Lipinski definition) is 5. The highest BCUT2D eigenvalue weighted by Crippen LogP contribution is 2.23. The SMILES string of the molecule is CCN(CCOC)S(=O)(=O)c1cc(CN)oc1C. The zero-order valence-electron chi connectivity index (χ0n) is 11.0. The fourth-order valence-electron chi connectivity index (χ4n) is 1.66. The van der Waals surface area contributed by atoms with Gasteiger partial charge in [0, 0.05) is 26.3 Å². The van der Waals surface area contributed by atoms with Crippen LogP contribution in [0.4, 0.5) is 0 Å². The Labute approximate surface area is 108 Å². The van der Waals surface area contributed by atoms with E-state index in [0.29, 0.717) is 31.2 Å². The number of methoxy groups -OCH3 is 1. The van der Waals surface area contributed by atoms with Gasteiger partial charge in [0.1, 0.15) is 16.4 Å². The fraction of sp³-hybridized carbons (Fsp3) is 0.636. The topological polar surface area (TPSA) is 85.8 Å². The van der Waals surface area contributed by atoms with Crippen molar-refractivity contribution in [3.63, 3.8) is 0 Å². The van der Waals surface area contributed by atoms with Gasteiger partial charge in [0.15, 0.2) is 0 Å². The molecule has 0 saturated heterocycles. The second-order valence-corrected chi connectivity index (χ2v) is 5.73. The Kier molecular flexibility index (Phi) is 5.33. The predicted octanol–water partition coefficient (Wildman–Crippen LogP) is 0.704. The largest absolute Gasteiger partial charge is 0.464 e. The number of likely N-dealkylation sites (N-methyl/N-ethyl adjacent to an activating group) is 1. The third kappa shape index (κ3) is 3.11. The molecule has 0 saturated carbocycles. The molecule has 7 heteroatoms. The number of rotatable bonds is 7. The first-order chi connectivity index (χ1) is 8.47. The van der Waals surface area contributed by atoms with E-state index in [4.69, 9.17) is 14.9 Å². The molecule has 6 nitrogen and oxygen atoms in total. The summed E-state index contributed by atoms with van der Waals surface area (Å²) in [7, 11) is -2.00. The molecule has 0 bridgehead atoms. The van der Waals surface area contributed by atoms with Crippen molar-refractivity contribution in [1.82, 2.24) is 4.31 Å². The van der Waals surface area contributed by atoms with E-state index in [1.165, 1.54) is 17.5 Å². The van der Waals surface area contributed by atoms with Gasteiger partial charge in [-0.25, -0.2) is 8.42 Å². The third-order valence-corrected chi connectivity index (χ3v) is 4.72. The number of hydrogen-bond donors (Lipinski definition) is 1. The van der Waals surface area contributed by atoms with Crippen LogP contribution in [0.25, 0.3) is 0 Å². The van der Waals surface area contributed by atoms with Crippen molar-refractivity contribution in [2.45, 2.75) is 25.3 Å². The van der Waals surface area contributed by atoms with E-state index in [9.17, 15) is 8.42 Å². The van der Waals surface area contributed by atoms with Crippen molar-refractivity contribution in [2.75, 3.05) is 26.8 Å². The summed E-state index contributed by atoms with van der Waals surface area (Å²) < 4.78 is 36.3. The molecule has 0 amide bonds. The third-order valence-electron chi connectivity index (χ3n) is 2.64. The molecule has 1 rings (SSSR count). The number of nitrogens with two attached hydrogens (primary N) is 1. The molecule has 0 aliphatic heterocycles. The number of furan rings is 1. The molecule has 0 radical (unpaired) electrons. The van der Waals surface area contributed by atoms with Gasteiger partial charge in [0.05, 0.1) is 13.2 Å². The van der Waals surface area contributed by atoms with Crippen molar-refractivity contribution in [3.05, 3.63) is 17.6 Å². The van der Waals surface area contributed by atoms with Gasteiger partial charge in [-0.15, -0.1) is 0 Å². The molecule has 18 heavy (non-hydrogen) atoms. The van der Waals surface area contributed by atoms with Gasteiger partial charge in [-0.1, -0.05) is 6.92 Å². The van der Waals surface area contributed by atoms with Crippen LogP contribution in [0.5, 0.6) is 0 Å². The molecular formula is C11H20N2O4S. The van der Waals surface area contributed by atoms with Crippen molar-refractivity contribution in [3.8, 4) is 0 Å². The lowest BCUT2D eigenvalue weighted by Gasteiger charge is -2.19. The standard InChI is InChI=1S/C11H20N2O4S/c1-4-13(5-6-16-3)18(14,15)11-7-10(8-12)17-9(11)2/h7H,4-6,8,12H2,1-3H3. The minimum atomic E-state index is -3.54. The Bertz CT molecular complexity index is 481. The van der Waals surface area contributed by atoms with E-state index in [0.717, 1.165) is 0 Å². The maximum Gasteiger partial charge on any atom is 0.246 e. The summed E-state index contributed by atoms with van der Waals surface area (Å²) in [5.41, 5.74) is 5.44. The summed E-state index contributed by atoms with van der Waals surface area (Å²) in [6.07, 6.45) is 0. The van der Waals surface area contributed by atoms with Crippen molar-refractivity contribution in [2.24, 2.45) is 5.73 Å². The Hall–Kier alpha value is -0.890. The van der Waals surface area contributed by atoms with Crippen LogP contribution in [0.15, 0.2) is 15.4 Å². The van der Waals surface area contributed by atoms with Crippen LogP contribution >= 0.6 is 0 Å². The molecule has 2 N–H and O–H groups in total. The molecule has 1 heterocycles. The quantitative estimate of drug-likeness (QED) is 0.792. The molecule has 0 aromatic carbocycles. The normalized spacial score (nSPS) is 12.3. The highest BCUT2D eigenvalue weighted by Gasteiger charge is 2.27. The van der Waals surface area contributed by atoms with Gasteiger partial charge in [-0.05, 0) is 6.92 Å². The zero-order valence-corrected chi connectivity index (χ0v) is 11.8. The van der Waals surface area contributed by atoms with Gasteiger partial charge in [0.25, 0.3) is 0 Å². The molecule has 1 aromatic rings. The van der Waals surface area contributed by atoms with Crippen molar-refractivity contribution < 1.29 is 17.6 Å². The highest BCUT2D eigenvalue weighted by atomic mass is 32.2. The average molecular weight is 276 g/mol. The van der Waals surface area contributed by atoms with Gasteiger partial charge in [0.2, 0.25) is 10.0 Å². The Morgan fingerprint density at radius 3 is 2.61 bits per heavy atom. The number of ether oxygens (including phenoxy) is 1. The van der Waals surface area contributed by atoms with Gasteiger partial charge in [-0.2, -0.15) is 4.31 Å². The van der Waals surface area contributed by atoms with E-state index >= 15 is 0 Å². The summed E-state index contributed by atoms with van der Waals surface area (Å²) >= 11 is 0. The van der Waals surface area contributed by atoms with Gasteiger partial charge < -0.3 is 14.9 Å². The summed E-state index contributed by atoms with van der Waals surface area (Å²) in [6, 6.07) is 1.49. The highest BCUT2D eigenvalue weighted by molar-refractivity contribution is 7.89. The van der Waals surface area contributed by atoms with E-state index < -0.39 is 10.0 Å². The van der Waals surface area contributed by atoms with E-state index in [2.05, 4.69) is 0 Å². The minimum Gasteiger partial charge on any atom is -0.464 e. The van der Waals surface area contributed by atoms with Crippen LogP contribution in [0.3, 0.4) is 0 Å². The number of aryl methyl sites for hydroxylation is 1. The molecule has 1 aromatic heterocycles. The first-order valence-electron chi connectivity index (χ1n) is 5.75. The summed E-state index contributed by atoms with van der Waals surface area (Å²) in [6.45, 7) is 4.64. The van der Waals surface area contributed by atoms with Crippen LogP contribution in [-0.4, -0.2) is 39.5 Å². The van der Waals surface area contributed by atoms with Crippen LogP contribution < -0.4 is 5.73 Å². The smallest absolute Gasteiger partial charge is 0.246 e. The monoisotopic (exact) mass is 276 g/mol. The lowest BCUT2D eigenvalue weighted by Crippen LogP contribution is -2.33. The zero-order chi connectivity index (χ0) is 13.8. The maximum atomic E-state index is 12.4. The Morgan fingerprint density at radius 1 is 1.50 bits per heavy atom. The average Bonchev–Trinajstić information content (AvgIpc) is 2.72. The lowest BCUT2D eigenvalue weighted by atomic mass is 10.4. The van der Waals surface area contributed by atoms with Crippen LogP contribution in [0, 0.1) is 6.92 Å². The van der Waals surface area contributed by atoms with Crippen molar-refractivity contribution >= 4 is 10.0 Å².